The molecule has 0 bridgehead atoms. The van der Waals surface area contributed by atoms with Crippen LogP contribution in [0.2, 0.25) is 0 Å². The van der Waals surface area contributed by atoms with Gasteiger partial charge >= 0.3 is 0 Å². The van der Waals surface area contributed by atoms with E-state index in [9.17, 15) is 4.79 Å². The molecule has 0 aromatic rings. The van der Waals surface area contributed by atoms with E-state index in [2.05, 4.69) is 13.2 Å². The number of hydrogen-bond acceptors (Lipinski definition) is 5. The second-order valence-corrected chi connectivity index (χ2v) is 3.93. The molecule has 0 heterocycles. The van der Waals surface area contributed by atoms with Crippen LogP contribution in [0.1, 0.15) is 0 Å². The van der Waals surface area contributed by atoms with Gasteiger partial charge in [-0.3, -0.25) is 4.79 Å². The smallest absolute Gasteiger partial charge is 0.266 e. The van der Waals surface area contributed by atoms with Crippen LogP contribution in [-0.4, -0.2) is 65.3 Å². The van der Waals surface area contributed by atoms with Crippen molar-refractivity contribution >= 4 is 5.91 Å². The number of carbonyl (C=O) groups excluding carboxylic acids is 1. The third kappa shape index (κ3) is 6.18. The molecule has 0 saturated heterocycles. The van der Waals surface area contributed by atoms with Gasteiger partial charge in [0.05, 0.1) is 13.2 Å². The first-order valence-electron chi connectivity index (χ1n) is 6.23. The molecule has 0 aliphatic heterocycles. The van der Waals surface area contributed by atoms with Crippen LogP contribution in [0, 0.1) is 11.3 Å². The number of hydrogen-bond donors (Lipinski definition) is 2. The van der Waals surface area contributed by atoms with E-state index in [1.54, 1.807) is 12.2 Å². The summed E-state index contributed by atoms with van der Waals surface area (Å²) in [7, 11) is 0. The lowest BCUT2D eigenvalue weighted by Gasteiger charge is -2.21. The fourth-order valence-electron chi connectivity index (χ4n) is 1.53. The number of carbonyl (C=O) groups is 1. The zero-order chi connectivity index (χ0) is 15.4. The van der Waals surface area contributed by atoms with Crippen LogP contribution in [0.4, 0.5) is 0 Å². The molecule has 6 heteroatoms. The highest BCUT2D eigenvalue weighted by molar-refractivity contribution is 5.97. The summed E-state index contributed by atoms with van der Waals surface area (Å²) in [6, 6.07) is 1.84. The first kappa shape index (κ1) is 17.9. The van der Waals surface area contributed by atoms with Gasteiger partial charge in [-0.1, -0.05) is 12.2 Å². The quantitative estimate of drug-likeness (QED) is 0.331. The third-order valence-electron chi connectivity index (χ3n) is 2.42. The van der Waals surface area contributed by atoms with Crippen molar-refractivity contribution in [2.24, 2.45) is 0 Å². The van der Waals surface area contributed by atoms with Gasteiger partial charge < -0.3 is 20.0 Å². The van der Waals surface area contributed by atoms with Crippen LogP contribution in [-0.2, 0) is 4.79 Å². The summed E-state index contributed by atoms with van der Waals surface area (Å²) in [6.07, 6.45) is 4.49. The van der Waals surface area contributed by atoms with Crippen molar-refractivity contribution in [2.75, 3.05) is 39.4 Å². The van der Waals surface area contributed by atoms with Crippen LogP contribution in [0.3, 0.4) is 0 Å². The molecule has 0 radical (unpaired) electrons. The number of nitrogens with zero attached hydrogens (tertiary/aromatic N) is 3. The summed E-state index contributed by atoms with van der Waals surface area (Å²) in [5.41, 5.74) is -0.0596. The average Bonchev–Trinajstić information content (AvgIpc) is 2.44. The van der Waals surface area contributed by atoms with Crippen molar-refractivity contribution in [2.45, 2.75) is 0 Å². The Balaban J connectivity index is 5.09. The van der Waals surface area contributed by atoms with E-state index in [0.29, 0.717) is 13.1 Å². The predicted molar refractivity (Wildman–Crippen MR) is 76.4 cm³/mol. The third-order valence-corrected chi connectivity index (χ3v) is 2.42. The number of aliphatic hydroxyl groups excluding tert-OH is 2. The Hall–Kier alpha value is -2.10. The summed E-state index contributed by atoms with van der Waals surface area (Å²) < 4.78 is 0. The fraction of sp³-hybridized carbons (Fsp3) is 0.429. The summed E-state index contributed by atoms with van der Waals surface area (Å²) in [6.45, 7) is 7.96. The van der Waals surface area contributed by atoms with E-state index in [1.165, 1.54) is 16.0 Å². The van der Waals surface area contributed by atoms with E-state index in [4.69, 9.17) is 15.5 Å². The topological polar surface area (TPSA) is 87.8 Å². The fourth-order valence-corrected chi connectivity index (χ4v) is 1.53. The Morgan fingerprint density at radius 1 is 1.15 bits per heavy atom. The number of aliphatic hydroxyl groups is 2. The Morgan fingerprint density at radius 2 is 1.65 bits per heavy atom. The zero-order valence-electron chi connectivity index (χ0n) is 11.5. The van der Waals surface area contributed by atoms with Gasteiger partial charge in [0.2, 0.25) is 0 Å². The molecule has 0 spiro atoms. The van der Waals surface area contributed by atoms with Crippen LogP contribution in [0.15, 0.2) is 37.1 Å². The first-order chi connectivity index (χ1) is 9.64. The maximum Gasteiger partial charge on any atom is 0.266 e. The molecular weight excluding hydrogens is 258 g/mol. The number of nitriles is 1. The monoisotopic (exact) mass is 279 g/mol. The van der Waals surface area contributed by atoms with E-state index in [0.717, 1.165) is 0 Å². The maximum atomic E-state index is 12.2. The molecule has 110 valence electrons. The largest absolute Gasteiger partial charge is 0.395 e. The molecule has 0 unspecified atom stereocenters. The minimum atomic E-state index is -0.437. The molecule has 0 fully saturated rings. The molecule has 0 aromatic carbocycles. The van der Waals surface area contributed by atoms with E-state index < -0.39 is 5.91 Å². The highest BCUT2D eigenvalue weighted by Crippen LogP contribution is 2.04. The Kier molecular flexibility index (Phi) is 9.66. The normalized spacial score (nSPS) is 10.6. The van der Waals surface area contributed by atoms with Crippen LogP contribution >= 0.6 is 0 Å². The van der Waals surface area contributed by atoms with Gasteiger partial charge in [-0.15, -0.1) is 13.2 Å². The number of amides is 1. The average molecular weight is 279 g/mol. The molecule has 0 saturated carbocycles. The lowest BCUT2D eigenvalue weighted by atomic mass is 10.2. The van der Waals surface area contributed by atoms with Crippen molar-refractivity contribution in [1.82, 2.24) is 9.80 Å². The van der Waals surface area contributed by atoms with Crippen LogP contribution in [0.5, 0.6) is 0 Å². The van der Waals surface area contributed by atoms with Gasteiger partial charge in [-0.05, 0) is 0 Å². The molecule has 0 atom stereocenters. The van der Waals surface area contributed by atoms with Gasteiger partial charge in [0.15, 0.2) is 0 Å². The summed E-state index contributed by atoms with van der Waals surface area (Å²) in [5.74, 6) is -0.437. The standard InChI is InChI=1S/C14H21N3O3/c1-3-5-17(6-4-2)14(20)13(11-15)12-16(7-9-18)8-10-19/h3-4,12,18-19H,1-2,5-10H2/b13-12-. The van der Waals surface area contributed by atoms with Crippen LogP contribution < -0.4 is 0 Å². The molecule has 0 rings (SSSR count). The zero-order valence-corrected chi connectivity index (χ0v) is 11.5. The van der Waals surface area contributed by atoms with Gasteiger partial charge in [-0.2, -0.15) is 5.26 Å². The van der Waals surface area contributed by atoms with Crippen molar-refractivity contribution in [3.05, 3.63) is 37.1 Å². The lowest BCUT2D eigenvalue weighted by molar-refractivity contribution is -0.125. The first-order valence-corrected chi connectivity index (χ1v) is 6.23. The second-order valence-electron chi connectivity index (χ2n) is 3.93. The molecule has 0 aliphatic carbocycles. The van der Waals surface area contributed by atoms with E-state index in [1.807, 2.05) is 6.07 Å². The van der Waals surface area contributed by atoms with Crippen molar-refractivity contribution < 1.29 is 15.0 Å². The van der Waals surface area contributed by atoms with Crippen molar-refractivity contribution in [1.29, 1.82) is 5.26 Å². The Morgan fingerprint density at radius 3 is 2.00 bits per heavy atom. The van der Waals surface area contributed by atoms with Gasteiger partial charge in [0.25, 0.3) is 5.91 Å². The Labute approximate surface area is 119 Å². The van der Waals surface area contributed by atoms with Crippen LogP contribution in [0.25, 0.3) is 0 Å². The van der Waals surface area contributed by atoms with Gasteiger partial charge in [-0.25, -0.2) is 0 Å². The predicted octanol–water partition coefficient (Wildman–Crippen LogP) is -0.119. The highest BCUT2D eigenvalue weighted by atomic mass is 16.3. The SMILES string of the molecule is C=CCN(CC=C)C(=O)/C(C#N)=C\N(CCO)CCO. The van der Waals surface area contributed by atoms with Crippen molar-refractivity contribution in [3.63, 3.8) is 0 Å². The van der Waals surface area contributed by atoms with E-state index in [-0.39, 0.29) is 31.9 Å². The molecule has 0 aliphatic rings. The highest BCUT2D eigenvalue weighted by Gasteiger charge is 2.17. The molecular formula is C14H21N3O3. The minimum absolute atomic E-state index is 0.0596. The maximum absolute atomic E-state index is 12.2. The van der Waals surface area contributed by atoms with Gasteiger partial charge in [0.1, 0.15) is 11.6 Å². The number of rotatable bonds is 10. The summed E-state index contributed by atoms with van der Waals surface area (Å²) >= 11 is 0. The Bertz CT molecular complexity index is 383. The van der Waals surface area contributed by atoms with E-state index >= 15 is 0 Å². The summed E-state index contributed by atoms with van der Waals surface area (Å²) in [4.78, 5) is 15.1. The molecule has 20 heavy (non-hydrogen) atoms. The summed E-state index contributed by atoms with van der Waals surface area (Å²) in [5, 5.41) is 26.9. The molecule has 6 nitrogen and oxygen atoms in total. The lowest BCUT2D eigenvalue weighted by Crippen LogP contribution is -2.34. The van der Waals surface area contributed by atoms with Gasteiger partial charge in [0, 0.05) is 32.4 Å². The molecule has 0 aromatic heterocycles. The molecule has 2 N–H and O–H groups in total. The molecule has 1 amide bonds. The minimum Gasteiger partial charge on any atom is -0.395 e. The van der Waals surface area contributed by atoms with Crippen molar-refractivity contribution in [3.8, 4) is 6.07 Å². The second kappa shape index (κ2) is 10.8.